The Bertz CT molecular complexity index is 772. The molecule has 0 aromatic heterocycles. The van der Waals surface area contributed by atoms with Gasteiger partial charge in [0.25, 0.3) is 0 Å². The van der Waals surface area contributed by atoms with Crippen LogP contribution in [0.4, 0.5) is 74.6 Å². The van der Waals surface area contributed by atoms with Crippen LogP contribution in [0.5, 0.6) is 0 Å². The molecule has 3 nitrogen and oxygen atoms in total. The van der Waals surface area contributed by atoms with Gasteiger partial charge in [-0.2, -0.15) is 74.6 Å². The SMILES string of the molecule is C[N+](C)(CCCC(F)(F)C(F)(F)C(F)(F)C(F)(F)C(F)(F)C(F)(F)C(F)(F)C(F)(F)F)CC(=O)O. The smallest absolute Gasteiger partial charge is 0.460 e. The van der Waals surface area contributed by atoms with Crippen molar-refractivity contribution in [2.24, 2.45) is 0 Å². The van der Waals surface area contributed by atoms with Crippen LogP contribution in [0.2, 0.25) is 0 Å². The van der Waals surface area contributed by atoms with Gasteiger partial charge in [-0.3, -0.25) is 0 Å². The zero-order valence-corrected chi connectivity index (χ0v) is 17.1. The lowest BCUT2D eigenvalue weighted by atomic mass is 9.88. The number of carbonyl (C=O) groups is 1. The lowest BCUT2D eigenvalue weighted by Gasteiger charge is -2.43. The fourth-order valence-electron chi connectivity index (χ4n) is 2.53. The quantitative estimate of drug-likeness (QED) is 0.236. The summed E-state index contributed by atoms with van der Waals surface area (Å²) in [6, 6.07) is 0. The van der Waals surface area contributed by atoms with Crippen LogP contribution in [0.3, 0.4) is 0 Å². The first-order valence-electron chi connectivity index (χ1n) is 8.62. The zero-order valence-electron chi connectivity index (χ0n) is 17.1. The second-order valence-corrected chi connectivity index (χ2v) is 7.96. The third-order valence-corrected chi connectivity index (χ3v) is 4.60. The van der Waals surface area contributed by atoms with E-state index in [4.69, 9.17) is 5.11 Å². The summed E-state index contributed by atoms with van der Waals surface area (Å²) >= 11 is 0. The maximum atomic E-state index is 13.7. The van der Waals surface area contributed by atoms with Crippen LogP contribution in [-0.2, 0) is 4.79 Å². The number of halogens is 17. The first-order chi connectivity index (χ1) is 14.9. The van der Waals surface area contributed by atoms with Gasteiger partial charge >= 0.3 is 53.6 Å². The monoisotopic (exact) mass is 564 g/mol. The minimum atomic E-state index is -8.65. The molecule has 0 aromatic carbocycles. The molecule has 0 radical (unpaired) electrons. The minimum Gasteiger partial charge on any atom is -0.477 e. The Balaban J connectivity index is 6.28. The van der Waals surface area contributed by atoms with Gasteiger partial charge in [-0.15, -0.1) is 0 Å². The predicted octanol–water partition coefficient (Wildman–Crippen LogP) is 5.94. The number of carboxylic acid groups (broad SMARTS) is 1. The Kier molecular flexibility index (Phi) is 8.51. The van der Waals surface area contributed by atoms with E-state index in [1.165, 1.54) is 0 Å². The molecule has 0 rings (SSSR count). The van der Waals surface area contributed by atoms with Crippen LogP contribution in [0, 0.1) is 0 Å². The molecule has 0 aromatic rings. The lowest BCUT2D eigenvalue weighted by molar-refractivity contribution is -0.883. The highest BCUT2D eigenvalue weighted by Gasteiger charge is 2.95. The molecule has 0 amide bonds. The van der Waals surface area contributed by atoms with Crippen LogP contribution < -0.4 is 0 Å². The van der Waals surface area contributed by atoms with Crippen molar-refractivity contribution in [1.29, 1.82) is 0 Å². The first-order valence-corrected chi connectivity index (χ1v) is 8.62. The Morgan fingerprint density at radius 1 is 0.600 bits per heavy atom. The number of aliphatic carboxylic acids is 1. The van der Waals surface area contributed by atoms with E-state index in [-0.39, 0.29) is 0 Å². The van der Waals surface area contributed by atoms with Gasteiger partial charge < -0.3 is 9.59 Å². The summed E-state index contributed by atoms with van der Waals surface area (Å²) < 4.78 is 223. The predicted molar refractivity (Wildman–Crippen MR) is 79.4 cm³/mol. The summed E-state index contributed by atoms with van der Waals surface area (Å²) in [5.41, 5.74) is 0. The highest BCUT2D eigenvalue weighted by molar-refractivity contribution is 5.67. The van der Waals surface area contributed by atoms with Gasteiger partial charge in [0.1, 0.15) is 0 Å². The molecular weight excluding hydrogens is 549 g/mol. The topological polar surface area (TPSA) is 37.3 Å². The lowest BCUT2D eigenvalue weighted by Crippen LogP contribution is -2.74. The van der Waals surface area contributed by atoms with Gasteiger partial charge in [-0.05, 0) is 0 Å². The molecule has 0 fully saturated rings. The Labute approximate surface area is 184 Å². The summed E-state index contributed by atoms with van der Waals surface area (Å²) in [5.74, 6) is -58.0. The second-order valence-electron chi connectivity index (χ2n) is 7.96. The zero-order chi connectivity index (χ0) is 28.9. The maximum absolute atomic E-state index is 13.7. The molecule has 0 aliphatic rings. The molecule has 0 aliphatic carbocycles. The van der Waals surface area contributed by atoms with Crippen LogP contribution in [0.15, 0.2) is 0 Å². The molecule has 0 aliphatic heterocycles. The van der Waals surface area contributed by atoms with Gasteiger partial charge in [0.15, 0.2) is 6.54 Å². The van der Waals surface area contributed by atoms with Crippen LogP contribution in [-0.4, -0.2) is 90.4 Å². The fraction of sp³-hybridized carbons (Fsp3) is 0.933. The fourth-order valence-corrected chi connectivity index (χ4v) is 2.53. The highest BCUT2D eigenvalue weighted by Crippen LogP contribution is 2.64. The molecule has 20 heteroatoms. The molecule has 210 valence electrons. The molecule has 0 bridgehead atoms. The molecule has 0 saturated heterocycles. The van der Waals surface area contributed by atoms with E-state index >= 15 is 0 Å². The molecular formula is C15H15F17NO2+. The molecule has 0 heterocycles. The van der Waals surface area contributed by atoms with Gasteiger partial charge in [-0.1, -0.05) is 0 Å². The van der Waals surface area contributed by atoms with Gasteiger partial charge in [0.2, 0.25) is 0 Å². The van der Waals surface area contributed by atoms with Crippen molar-refractivity contribution >= 4 is 5.97 Å². The van der Waals surface area contributed by atoms with E-state index in [2.05, 4.69) is 0 Å². The highest BCUT2D eigenvalue weighted by atomic mass is 19.4. The average molecular weight is 564 g/mol. The first kappa shape index (κ1) is 33.2. The van der Waals surface area contributed by atoms with Crippen LogP contribution in [0.1, 0.15) is 12.8 Å². The van der Waals surface area contributed by atoms with Crippen molar-refractivity contribution < 1.29 is 89.0 Å². The number of hydrogen-bond donors (Lipinski definition) is 1. The van der Waals surface area contributed by atoms with E-state index < -0.39 is 84.0 Å². The van der Waals surface area contributed by atoms with Crippen molar-refractivity contribution in [3.05, 3.63) is 0 Å². The van der Waals surface area contributed by atoms with E-state index in [0.29, 0.717) is 0 Å². The standard InChI is InChI=1S/C15H14F17NO2/c1-33(2,6-7(34)35)5-3-4-8(16,17)9(18,19)10(20,21)11(22,23)12(24,25)13(26,27)14(28,29)15(30,31)32/h3-6H2,1-2H3/p+1. The summed E-state index contributed by atoms with van der Waals surface area (Å²) in [6.45, 7) is -1.73. The molecule has 0 unspecified atom stereocenters. The minimum absolute atomic E-state index is 0.791. The summed E-state index contributed by atoms with van der Waals surface area (Å²) in [5, 5.41) is 8.56. The summed E-state index contributed by atoms with van der Waals surface area (Å²) in [6.07, 6.45) is -11.8. The van der Waals surface area contributed by atoms with Crippen molar-refractivity contribution in [1.82, 2.24) is 0 Å². The average Bonchev–Trinajstić information content (AvgIpc) is 2.57. The Morgan fingerprint density at radius 2 is 0.914 bits per heavy atom. The molecule has 35 heavy (non-hydrogen) atoms. The summed E-state index contributed by atoms with van der Waals surface area (Å²) in [4.78, 5) is 10.6. The normalized spacial score (nSPS) is 16.0. The van der Waals surface area contributed by atoms with Crippen LogP contribution >= 0.6 is 0 Å². The molecule has 1 N–H and O–H groups in total. The number of alkyl halides is 17. The van der Waals surface area contributed by atoms with E-state index in [1.807, 2.05) is 0 Å². The van der Waals surface area contributed by atoms with Gasteiger partial charge in [-0.25, -0.2) is 4.79 Å². The number of nitrogens with zero attached hydrogens (tertiary/aromatic N) is 1. The molecule has 0 spiro atoms. The van der Waals surface area contributed by atoms with Crippen molar-refractivity contribution in [3.63, 3.8) is 0 Å². The van der Waals surface area contributed by atoms with Gasteiger partial charge in [0.05, 0.1) is 20.6 Å². The number of hydrogen-bond acceptors (Lipinski definition) is 1. The number of carboxylic acids is 1. The van der Waals surface area contributed by atoms with E-state index in [0.717, 1.165) is 14.1 Å². The van der Waals surface area contributed by atoms with E-state index in [9.17, 15) is 79.4 Å². The molecule has 0 atom stereocenters. The van der Waals surface area contributed by atoms with Crippen molar-refractivity contribution in [2.75, 3.05) is 27.2 Å². The number of likely N-dealkylation sites (N-methyl/N-ethyl adjacent to an activating group) is 1. The summed E-state index contributed by atoms with van der Waals surface area (Å²) in [7, 11) is 1.97. The van der Waals surface area contributed by atoms with Crippen molar-refractivity contribution in [2.45, 2.75) is 60.5 Å². The third kappa shape index (κ3) is 5.35. The third-order valence-electron chi connectivity index (χ3n) is 4.60. The second kappa shape index (κ2) is 8.97. The van der Waals surface area contributed by atoms with Gasteiger partial charge in [0, 0.05) is 12.8 Å². The van der Waals surface area contributed by atoms with E-state index in [1.54, 1.807) is 0 Å². The Morgan fingerprint density at radius 3 is 1.23 bits per heavy atom. The van der Waals surface area contributed by atoms with Crippen molar-refractivity contribution in [3.8, 4) is 0 Å². The number of rotatable bonds is 12. The molecule has 0 saturated carbocycles. The maximum Gasteiger partial charge on any atom is 0.460 e. The number of quaternary nitrogens is 1. The van der Waals surface area contributed by atoms with Crippen LogP contribution in [0.25, 0.3) is 0 Å². The largest absolute Gasteiger partial charge is 0.477 e. The Hall–Kier alpha value is -1.76.